The van der Waals surface area contributed by atoms with Crippen LogP contribution in [0.4, 0.5) is 5.13 Å². The van der Waals surface area contributed by atoms with Gasteiger partial charge < -0.3 is 10.6 Å². The molecule has 1 aromatic heterocycles. The lowest BCUT2D eigenvalue weighted by Crippen LogP contribution is -2.41. The number of carbonyl (C=O) groups is 1. The minimum absolute atomic E-state index is 0.0450. The smallest absolute Gasteiger partial charge is 0.273 e. The lowest BCUT2D eigenvalue weighted by molar-refractivity contribution is 0.0650. The second kappa shape index (κ2) is 5.69. The number of rotatable bonds is 4. The summed E-state index contributed by atoms with van der Waals surface area (Å²) in [5.41, 5.74) is 6.11. The molecule has 5 heteroatoms. The van der Waals surface area contributed by atoms with Crippen molar-refractivity contribution in [1.82, 2.24) is 9.88 Å². The molecule has 2 rings (SSSR count). The van der Waals surface area contributed by atoms with Crippen LogP contribution in [0, 0.1) is 5.92 Å². The summed E-state index contributed by atoms with van der Waals surface area (Å²) in [5.74, 6) is 0.522. The Morgan fingerprint density at radius 2 is 2.22 bits per heavy atom. The molecule has 0 aliphatic heterocycles. The molecule has 1 saturated carbocycles. The summed E-state index contributed by atoms with van der Waals surface area (Å²) < 4.78 is 0. The monoisotopic (exact) mass is 267 g/mol. The predicted molar refractivity (Wildman–Crippen MR) is 74.7 cm³/mol. The van der Waals surface area contributed by atoms with E-state index in [4.69, 9.17) is 5.73 Å². The van der Waals surface area contributed by atoms with Crippen molar-refractivity contribution in [3.63, 3.8) is 0 Å². The van der Waals surface area contributed by atoms with Crippen LogP contribution in [0.5, 0.6) is 0 Å². The largest absolute Gasteiger partial charge is 0.375 e. The molecule has 1 amide bonds. The average molecular weight is 267 g/mol. The highest BCUT2D eigenvalue weighted by Crippen LogP contribution is 2.26. The SMILES string of the molecule is CC(C)CN(C(=O)c1csc(N)n1)C1CCCC1. The van der Waals surface area contributed by atoms with Crippen LogP contribution in [0.1, 0.15) is 50.0 Å². The number of anilines is 1. The summed E-state index contributed by atoms with van der Waals surface area (Å²) in [7, 11) is 0. The van der Waals surface area contributed by atoms with Crippen LogP contribution in [0.25, 0.3) is 0 Å². The normalized spacial score (nSPS) is 16.4. The van der Waals surface area contributed by atoms with Gasteiger partial charge in [-0.3, -0.25) is 4.79 Å². The maximum atomic E-state index is 12.5. The first-order chi connectivity index (χ1) is 8.58. The summed E-state index contributed by atoms with van der Waals surface area (Å²) in [4.78, 5) is 18.6. The third-order valence-electron chi connectivity index (χ3n) is 3.33. The van der Waals surface area contributed by atoms with E-state index in [1.165, 1.54) is 24.2 Å². The summed E-state index contributed by atoms with van der Waals surface area (Å²) in [6.07, 6.45) is 4.70. The van der Waals surface area contributed by atoms with Gasteiger partial charge in [0.1, 0.15) is 5.69 Å². The molecule has 1 aliphatic rings. The van der Waals surface area contributed by atoms with Crippen molar-refractivity contribution >= 4 is 22.4 Å². The number of carbonyl (C=O) groups excluding carboxylic acids is 1. The lowest BCUT2D eigenvalue weighted by Gasteiger charge is -2.30. The second-order valence-corrected chi connectivity index (χ2v) is 6.25. The Labute approximate surface area is 112 Å². The van der Waals surface area contributed by atoms with Gasteiger partial charge in [0.2, 0.25) is 0 Å². The average Bonchev–Trinajstić information content (AvgIpc) is 2.95. The fourth-order valence-corrected chi connectivity index (χ4v) is 3.08. The lowest BCUT2D eigenvalue weighted by atomic mass is 10.1. The van der Waals surface area contributed by atoms with Crippen LogP contribution >= 0.6 is 11.3 Å². The zero-order valence-electron chi connectivity index (χ0n) is 11.1. The van der Waals surface area contributed by atoms with E-state index in [-0.39, 0.29) is 5.91 Å². The van der Waals surface area contributed by atoms with Gasteiger partial charge in [0.25, 0.3) is 5.91 Å². The molecule has 0 saturated heterocycles. The number of nitrogen functional groups attached to an aromatic ring is 1. The third kappa shape index (κ3) is 3.02. The van der Waals surface area contributed by atoms with Crippen LogP contribution < -0.4 is 5.73 Å². The van der Waals surface area contributed by atoms with E-state index >= 15 is 0 Å². The Morgan fingerprint density at radius 1 is 1.56 bits per heavy atom. The van der Waals surface area contributed by atoms with Gasteiger partial charge in [0, 0.05) is 18.0 Å². The zero-order valence-corrected chi connectivity index (χ0v) is 11.9. The molecule has 0 atom stereocenters. The van der Waals surface area contributed by atoms with Crippen molar-refractivity contribution < 1.29 is 4.79 Å². The van der Waals surface area contributed by atoms with Crippen molar-refractivity contribution in [2.75, 3.05) is 12.3 Å². The minimum Gasteiger partial charge on any atom is -0.375 e. The van der Waals surface area contributed by atoms with Crippen molar-refractivity contribution in [2.45, 2.75) is 45.6 Å². The fraction of sp³-hybridized carbons (Fsp3) is 0.692. The number of amides is 1. The highest BCUT2D eigenvalue weighted by molar-refractivity contribution is 7.13. The van der Waals surface area contributed by atoms with E-state index in [1.807, 2.05) is 4.90 Å². The Kier molecular flexibility index (Phi) is 4.22. The first-order valence-electron chi connectivity index (χ1n) is 6.60. The Bertz CT molecular complexity index is 410. The molecule has 1 heterocycles. The topological polar surface area (TPSA) is 59.2 Å². The number of thiazole rings is 1. The number of nitrogens with zero attached hydrogens (tertiary/aromatic N) is 2. The first-order valence-corrected chi connectivity index (χ1v) is 7.48. The van der Waals surface area contributed by atoms with Gasteiger partial charge in [0.05, 0.1) is 0 Å². The quantitative estimate of drug-likeness (QED) is 0.912. The van der Waals surface area contributed by atoms with Gasteiger partial charge in [-0.25, -0.2) is 4.98 Å². The Hall–Kier alpha value is -1.10. The maximum absolute atomic E-state index is 12.5. The molecular formula is C13H21N3OS. The molecule has 0 spiro atoms. The standard InChI is InChI=1S/C13H21N3OS/c1-9(2)7-16(10-5-3-4-6-10)12(17)11-8-18-13(14)15-11/h8-10H,3-7H2,1-2H3,(H2,14,15). The van der Waals surface area contributed by atoms with Crippen LogP contribution in [0.3, 0.4) is 0 Å². The van der Waals surface area contributed by atoms with Gasteiger partial charge in [-0.15, -0.1) is 11.3 Å². The molecule has 2 N–H and O–H groups in total. The van der Waals surface area contributed by atoms with Gasteiger partial charge >= 0.3 is 0 Å². The second-order valence-electron chi connectivity index (χ2n) is 5.36. The molecule has 0 bridgehead atoms. The van der Waals surface area contributed by atoms with Crippen molar-refractivity contribution in [3.8, 4) is 0 Å². The molecule has 100 valence electrons. The highest BCUT2D eigenvalue weighted by Gasteiger charge is 2.28. The maximum Gasteiger partial charge on any atom is 0.273 e. The van der Waals surface area contributed by atoms with Crippen molar-refractivity contribution in [3.05, 3.63) is 11.1 Å². The molecule has 1 aromatic rings. The van der Waals surface area contributed by atoms with Crippen LogP contribution in [-0.2, 0) is 0 Å². The summed E-state index contributed by atoms with van der Waals surface area (Å²) >= 11 is 1.33. The van der Waals surface area contributed by atoms with Crippen LogP contribution in [0.15, 0.2) is 5.38 Å². The summed E-state index contributed by atoms with van der Waals surface area (Å²) in [5, 5.41) is 2.23. The molecule has 4 nitrogen and oxygen atoms in total. The van der Waals surface area contributed by atoms with Crippen LogP contribution in [0.2, 0.25) is 0 Å². The number of aromatic nitrogens is 1. The molecule has 0 unspecified atom stereocenters. The van der Waals surface area contributed by atoms with Gasteiger partial charge in [0.15, 0.2) is 5.13 Å². The Morgan fingerprint density at radius 3 is 2.72 bits per heavy atom. The highest BCUT2D eigenvalue weighted by atomic mass is 32.1. The fourth-order valence-electron chi connectivity index (χ4n) is 2.54. The van der Waals surface area contributed by atoms with E-state index in [9.17, 15) is 4.79 Å². The van der Waals surface area contributed by atoms with E-state index in [0.29, 0.717) is 22.8 Å². The van der Waals surface area contributed by atoms with E-state index in [1.54, 1.807) is 5.38 Å². The summed E-state index contributed by atoms with van der Waals surface area (Å²) in [6, 6.07) is 0.392. The van der Waals surface area contributed by atoms with Gasteiger partial charge in [-0.05, 0) is 18.8 Å². The third-order valence-corrected chi connectivity index (χ3v) is 4.00. The molecular weight excluding hydrogens is 246 g/mol. The molecule has 1 aliphatic carbocycles. The predicted octanol–water partition coefficient (Wildman–Crippen LogP) is 2.77. The van der Waals surface area contributed by atoms with Gasteiger partial charge in [-0.2, -0.15) is 0 Å². The number of hydrogen-bond donors (Lipinski definition) is 1. The van der Waals surface area contributed by atoms with E-state index in [2.05, 4.69) is 18.8 Å². The number of hydrogen-bond acceptors (Lipinski definition) is 4. The molecule has 0 radical (unpaired) electrons. The number of nitrogens with two attached hydrogens (primary N) is 1. The minimum atomic E-state index is 0.0450. The first kappa shape index (κ1) is 13.3. The summed E-state index contributed by atoms with van der Waals surface area (Å²) in [6.45, 7) is 5.09. The van der Waals surface area contributed by atoms with E-state index < -0.39 is 0 Å². The molecule has 18 heavy (non-hydrogen) atoms. The molecule has 1 fully saturated rings. The van der Waals surface area contributed by atoms with E-state index in [0.717, 1.165) is 19.4 Å². The van der Waals surface area contributed by atoms with Crippen molar-refractivity contribution in [1.29, 1.82) is 0 Å². The molecule has 0 aromatic carbocycles. The van der Waals surface area contributed by atoms with Crippen molar-refractivity contribution in [2.24, 2.45) is 5.92 Å². The Balaban J connectivity index is 2.14. The van der Waals surface area contributed by atoms with Gasteiger partial charge in [-0.1, -0.05) is 26.7 Å². The van der Waals surface area contributed by atoms with Crippen LogP contribution in [-0.4, -0.2) is 28.4 Å². The zero-order chi connectivity index (χ0) is 13.1.